The summed E-state index contributed by atoms with van der Waals surface area (Å²) < 4.78 is 25.6. The third-order valence-corrected chi connectivity index (χ3v) is 7.22. The Hall–Kier alpha value is -0.950. The van der Waals surface area contributed by atoms with Gasteiger partial charge in [0.2, 0.25) is 0 Å². The SMILES string of the molecule is CC1(C)CCCN(NS(=O)(=O)c2cccc(CNCC3CCCCC3)c2)C1. The Morgan fingerprint density at radius 3 is 2.67 bits per heavy atom. The second kappa shape index (κ2) is 9.03. The summed E-state index contributed by atoms with van der Waals surface area (Å²) in [7, 11) is -3.53. The van der Waals surface area contributed by atoms with Gasteiger partial charge in [-0.25, -0.2) is 13.4 Å². The normalized spacial score (nSPS) is 22.0. The molecular weight excluding hydrogens is 358 g/mol. The summed E-state index contributed by atoms with van der Waals surface area (Å²) in [4.78, 5) is 3.14. The second-order valence-electron chi connectivity index (χ2n) is 9.07. The number of hydrazine groups is 1. The lowest BCUT2D eigenvalue weighted by Gasteiger charge is -2.37. The minimum absolute atomic E-state index is 0.145. The number of piperidine rings is 1. The van der Waals surface area contributed by atoms with E-state index in [1.54, 1.807) is 12.1 Å². The van der Waals surface area contributed by atoms with Crippen molar-refractivity contribution in [3.8, 4) is 0 Å². The fourth-order valence-electron chi connectivity index (χ4n) is 4.36. The van der Waals surface area contributed by atoms with Gasteiger partial charge < -0.3 is 5.32 Å². The quantitative estimate of drug-likeness (QED) is 0.742. The molecule has 0 unspecified atom stereocenters. The summed E-state index contributed by atoms with van der Waals surface area (Å²) in [6.07, 6.45) is 8.85. The zero-order chi connectivity index (χ0) is 19.3. The predicted molar refractivity (Wildman–Crippen MR) is 110 cm³/mol. The van der Waals surface area contributed by atoms with Crippen LogP contribution in [0.5, 0.6) is 0 Å². The molecule has 1 aliphatic carbocycles. The first-order valence-corrected chi connectivity index (χ1v) is 11.9. The predicted octanol–water partition coefficient (Wildman–Crippen LogP) is 3.67. The Labute approximate surface area is 164 Å². The Kier molecular flexibility index (Phi) is 6.95. The molecule has 1 aliphatic heterocycles. The molecule has 0 radical (unpaired) electrons. The van der Waals surface area contributed by atoms with Crippen LogP contribution in [-0.4, -0.2) is 33.1 Å². The Morgan fingerprint density at radius 2 is 1.93 bits per heavy atom. The molecule has 3 rings (SSSR count). The van der Waals surface area contributed by atoms with E-state index in [-0.39, 0.29) is 5.41 Å². The highest BCUT2D eigenvalue weighted by atomic mass is 32.2. The third-order valence-electron chi connectivity index (χ3n) is 5.85. The van der Waals surface area contributed by atoms with Crippen LogP contribution < -0.4 is 10.1 Å². The summed E-state index contributed by atoms with van der Waals surface area (Å²) in [5.74, 6) is 0.773. The van der Waals surface area contributed by atoms with Crippen molar-refractivity contribution in [1.29, 1.82) is 0 Å². The van der Waals surface area contributed by atoms with Gasteiger partial charge in [0, 0.05) is 19.6 Å². The van der Waals surface area contributed by atoms with Crippen molar-refractivity contribution in [2.75, 3.05) is 19.6 Å². The molecule has 2 fully saturated rings. The zero-order valence-electron chi connectivity index (χ0n) is 16.8. The standard InChI is InChI=1S/C21H35N3O2S/c1-21(2)12-7-13-24(17-21)23-27(25,26)20-11-6-10-19(14-20)16-22-15-18-8-4-3-5-9-18/h6,10-11,14,18,22-23H,3-5,7-9,12-13,15-17H2,1-2H3. The highest BCUT2D eigenvalue weighted by Gasteiger charge is 2.29. The summed E-state index contributed by atoms with van der Waals surface area (Å²) in [5.41, 5.74) is 1.17. The summed E-state index contributed by atoms with van der Waals surface area (Å²) in [6, 6.07) is 7.32. The molecule has 27 heavy (non-hydrogen) atoms. The van der Waals surface area contributed by atoms with Crippen LogP contribution in [0.15, 0.2) is 29.2 Å². The molecule has 2 aliphatic rings. The molecule has 1 saturated carbocycles. The Balaban J connectivity index is 1.56. The van der Waals surface area contributed by atoms with Gasteiger partial charge in [0.15, 0.2) is 0 Å². The van der Waals surface area contributed by atoms with Gasteiger partial charge in [0.05, 0.1) is 4.90 Å². The van der Waals surface area contributed by atoms with Crippen LogP contribution in [0.25, 0.3) is 0 Å². The van der Waals surface area contributed by atoms with E-state index >= 15 is 0 Å². The Bertz CT molecular complexity index is 712. The lowest BCUT2D eigenvalue weighted by molar-refractivity contribution is 0.0988. The van der Waals surface area contributed by atoms with Crippen LogP contribution in [-0.2, 0) is 16.6 Å². The molecule has 1 aromatic rings. The maximum Gasteiger partial charge on any atom is 0.253 e. The molecule has 0 spiro atoms. The molecule has 2 N–H and O–H groups in total. The van der Waals surface area contributed by atoms with Crippen molar-refractivity contribution < 1.29 is 8.42 Å². The van der Waals surface area contributed by atoms with Crippen molar-refractivity contribution in [1.82, 2.24) is 15.2 Å². The number of hydrogen-bond acceptors (Lipinski definition) is 4. The largest absolute Gasteiger partial charge is 0.312 e. The van der Waals surface area contributed by atoms with E-state index in [9.17, 15) is 8.42 Å². The summed E-state index contributed by atoms with van der Waals surface area (Å²) in [5, 5.41) is 5.37. The minimum Gasteiger partial charge on any atom is -0.312 e. The lowest BCUT2D eigenvalue weighted by atomic mass is 9.85. The molecule has 1 aromatic carbocycles. The molecule has 6 heteroatoms. The monoisotopic (exact) mass is 393 g/mol. The van der Waals surface area contributed by atoms with Crippen LogP contribution in [0.4, 0.5) is 0 Å². The minimum atomic E-state index is -3.53. The highest BCUT2D eigenvalue weighted by molar-refractivity contribution is 7.89. The van der Waals surface area contributed by atoms with Crippen molar-refractivity contribution in [2.24, 2.45) is 11.3 Å². The van der Waals surface area contributed by atoms with Crippen LogP contribution in [0.2, 0.25) is 0 Å². The van der Waals surface area contributed by atoms with E-state index < -0.39 is 10.0 Å². The maximum atomic E-state index is 12.8. The van der Waals surface area contributed by atoms with Gasteiger partial charge in [-0.15, -0.1) is 4.83 Å². The molecular formula is C21H35N3O2S. The fraction of sp³-hybridized carbons (Fsp3) is 0.714. The maximum absolute atomic E-state index is 12.8. The number of hydrogen-bond donors (Lipinski definition) is 2. The van der Waals surface area contributed by atoms with Gasteiger partial charge in [-0.2, -0.15) is 0 Å². The molecule has 152 valence electrons. The van der Waals surface area contributed by atoms with Gasteiger partial charge in [0.1, 0.15) is 0 Å². The van der Waals surface area contributed by atoms with Crippen molar-refractivity contribution in [3.05, 3.63) is 29.8 Å². The van der Waals surface area contributed by atoms with E-state index in [4.69, 9.17) is 0 Å². The molecule has 0 atom stereocenters. The van der Waals surface area contributed by atoms with E-state index in [2.05, 4.69) is 24.0 Å². The number of nitrogens with one attached hydrogen (secondary N) is 2. The highest BCUT2D eigenvalue weighted by Crippen LogP contribution is 2.28. The molecule has 1 saturated heterocycles. The van der Waals surface area contributed by atoms with Crippen LogP contribution in [0.3, 0.4) is 0 Å². The van der Waals surface area contributed by atoms with Crippen LogP contribution in [0, 0.1) is 11.3 Å². The van der Waals surface area contributed by atoms with Gasteiger partial charge >= 0.3 is 0 Å². The van der Waals surface area contributed by atoms with E-state index in [0.717, 1.165) is 50.5 Å². The van der Waals surface area contributed by atoms with Crippen molar-refractivity contribution >= 4 is 10.0 Å². The zero-order valence-corrected chi connectivity index (χ0v) is 17.7. The summed E-state index contributed by atoms with van der Waals surface area (Å²) in [6.45, 7) is 7.63. The number of sulfonamides is 1. The molecule has 0 aromatic heterocycles. The molecule has 0 amide bonds. The first-order chi connectivity index (χ1) is 12.8. The second-order valence-corrected chi connectivity index (χ2v) is 10.7. The Morgan fingerprint density at radius 1 is 1.15 bits per heavy atom. The van der Waals surface area contributed by atoms with Crippen molar-refractivity contribution in [3.63, 3.8) is 0 Å². The van der Waals surface area contributed by atoms with Crippen LogP contribution >= 0.6 is 0 Å². The molecule has 5 nitrogen and oxygen atoms in total. The first kappa shape index (κ1) is 20.8. The first-order valence-electron chi connectivity index (χ1n) is 10.4. The molecule has 0 bridgehead atoms. The fourth-order valence-corrected chi connectivity index (χ4v) is 5.52. The average molecular weight is 394 g/mol. The molecule has 1 heterocycles. The van der Waals surface area contributed by atoms with Crippen molar-refractivity contribution in [2.45, 2.75) is 70.2 Å². The van der Waals surface area contributed by atoms with Gasteiger partial charge in [-0.1, -0.05) is 45.2 Å². The van der Waals surface area contributed by atoms with Gasteiger partial charge in [0.25, 0.3) is 10.0 Å². The van der Waals surface area contributed by atoms with E-state index in [1.807, 2.05) is 17.1 Å². The number of benzene rings is 1. The summed E-state index contributed by atoms with van der Waals surface area (Å²) >= 11 is 0. The number of nitrogens with zero attached hydrogens (tertiary/aromatic N) is 1. The van der Waals surface area contributed by atoms with Crippen LogP contribution in [0.1, 0.15) is 64.4 Å². The van der Waals surface area contributed by atoms with Gasteiger partial charge in [-0.3, -0.25) is 0 Å². The third kappa shape index (κ3) is 6.28. The number of rotatable bonds is 7. The topological polar surface area (TPSA) is 61.4 Å². The van der Waals surface area contributed by atoms with E-state index in [1.165, 1.54) is 32.1 Å². The average Bonchev–Trinajstić information content (AvgIpc) is 2.62. The van der Waals surface area contributed by atoms with Gasteiger partial charge in [-0.05, 0) is 61.3 Å². The lowest BCUT2D eigenvalue weighted by Crippen LogP contribution is -2.50. The van der Waals surface area contributed by atoms with E-state index in [0.29, 0.717) is 4.90 Å². The smallest absolute Gasteiger partial charge is 0.253 e.